The standard InChI is InChI=1S/C13H14N2O2/c1-9-4-3-5-11(6-9)8-14-13(16)12-7-10(2)15-17-12/h3-7H,8H2,1-2H3,(H,14,16). The normalized spacial score (nSPS) is 10.2. The Labute approximate surface area is 99.6 Å². The summed E-state index contributed by atoms with van der Waals surface area (Å²) in [6.07, 6.45) is 0. The first-order chi connectivity index (χ1) is 8.15. The van der Waals surface area contributed by atoms with E-state index in [4.69, 9.17) is 4.52 Å². The SMILES string of the molecule is Cc1cccc(CNC(=O)c2cc(C)no2)c1. The minimum absolute atomic E-state index is 0.243. The van der Waals surface area contributed by atoms with Gasteiger partial charge in [0.1, 0.15) is 0 Å². The Bertz CT molecular complexity index is 532. The monoisotopic (exact) mass is 230 g/mol. The first kappa shape index (κ1) is 11.4. The number of hydrogen-bond donors (Lipinski definition) is 1. The quantitative estimate of drug-likeness (QED) is 0.879. The molecule has 0 radical (unpaired) electrons. The summed E-state index contributed by atoms with van der Waals surface area (Å²) >= 11 is 0. The molecule has 1 N–H and O–H groups in total. The Morgan fingerprint density at radius 1 is 1.35 bits per heavy atom. The van der Waals surface area contributed by atoms with E-state index in [9.17, 15) is 4.79 Å². The van der Waals surface area contributed by atoms with Gasteiger partial charge in [0.2, 0.25) is 5.76 Å². The fraction of sp³-hybridized carbons (Fsp3) is 0.231. The van der Waals surface area contributed by atoms with E-state index in [1.807, 2.05) is 31.2 Å². The lowest BCUT2D eigenvalue weighted by atomic mass is 10.1. The van der Waals surface area contributed by atoms with Gasteiger partial charge in [-0.05, 0) is 19.4 Å². The summed E-state index contributed by atoms with van der Waals surface area (Å²) in [4.78, 5) is 11.7. The Hall–Kier alpha value is -2.10. The van der Waals surface area contributed by atoms with Crippen LogP contribution in [0.2, 0.25) is 0 Å². The summed E-state index contributed by atoms with van der Waals surface area (Å²) in [7, 11) is 0. The zero-order valence-electron chi connectivity index (χ0n) is 9.86. The zero-order chi connectivity index (χ0) is 12.3. The predicted octanol–water partition coefficient (Wildman–Crippen LogP) is 2.22. The highest BCUT2D eigenvalue weighted by Gasteiger charge is 2.10. The molecule has 0 spiro atoms. The van der Waals surface area contributed by atoms with Crippen molar-refractivity contribution >= 4 is 5.91 Å². The summed E-state index contributed by atoms with van der Waals surface area (Å²) in [6.45, 7) is 4.28. The molecular weight excluding hydrogens is 216 g/mol. The van der Waals surface area contributed by atoms with Gasteiger partial charge in [-0.25, -0.2) is 0 Å². The maximum absolute atomic E-state index is 11.7. The van der Waals surface area contributed by atoms with E-state index in [-0.39, 0.29) is 11.7 Å². The van der Waals surface area contributed by atoms with Crippen LogP contribution in [0, 0.1) is 13.8 Å². The molecule has 0 aliphatic rings. The van der Waals surface area contributed by atoms with E-state index < -0.39 is 0 Å². The number of aromatic nitrogens is 1. The van der Waals surface area contributed by atoms with Gasteiger partial charge in [-0.1, -0.05) is 35.0 Å². The Balaban J connectivity index is 1.97. The zero-order valence-corrected chi connectivity index (χ0v) is 9.86. The molecule has 0 saturated carbocycles. The maximum Gasteiger partial charge on any atom is 0.290 e. The van der Waals surface area contributed by atoms with Crippen LogP contribution in [0.5, 0.6) is 0 Å². The first-order valence-electron chi connectivity index (χ1n) is 5.42. The first-order valence-corrected chi connectivity index (χ1v) is 5.42. The topological polar surface area (TPSA) is 55.1 Å². The Morgan fingerprint density at radius 2 is 2.18 bits per heavy atom. The molecule has 0 aliphatic carbocycles. The van der Waals surface area contributed by atoms with Crippen LogP contribution in [0.3, 0.4) is 0 Å². The highest BCUT2D eigenvalue weighted by molar-refractivity contribution is 5.91. The molecule has 4 heteroatoms. The molecule has 0 bridgehead atoms. The van der Waals surface area contributed by atoms with Gasteiger partial charge in [0.05, 0.1) is 5.69 Å². The summed E-state index contributed by atoms with van der Waals surface area (Å²) in [5.41, 5.74) is 2.94. The molecule has 1 amide bonds. The summed E-state index contributed by atoms with van der Waals surface area (Å²) in [5.74, 6) is 0.00209. The molecular formula is C13H14N2O2. The van der Waals surface area contributed by atoms with E-state index in [0.717, 1.165) is 5.56 Å². The Kier molecular flexibility index (Phi) is 3.23. The molecule has 0 unspecified atom stereocenters. The van der Waals surface area contributed by atoms with Crippen LogP contribution in [0.15, 0.2) is 34.9 Å². The lowest BCUT2D eigenvalue weighted by molar-refractivity contribution is 0.0914. The van der Waals surface area contributed by atoms with Crippen LogP contribution >= 0.6 is 0 Å². The van der Waals surface area contributed by atoms with Crippen LogP contribution in [0.1, 0.15) is 27.4 Å². The third-order valence-corrected chi connectivity index (χ3v) is 2.39. The van der Waals surface area contributed by atoms with Gasteiger partial charge in [0.15, 0.2) is 0 Å². The minimum Gasteiger partial charge on any atom is -0.351 e. The van der Waals surface area contributed by atoms with Crippen molar-refractivity contribution in [3.63, 3.8) is 0 Å². The van der Waals surface area contributed by atoms with Crippen molar-refractivity contribution in [2.75, 3.05) is 0 Å². The number of rotatable bonds is 3. The minimum atomic E-state index is -0.243. The number of carbonyl (C=O) groups is 1. The number of nitrogens with one attached hydrogen (secondary N) is 1. The van der Waals surface area contributed by atoms with Gasteiger partial charge in [-0.3, -0.25) is 4.79 Å². The molecule has 1 heterocycles. The fourth-order valence-electron chi connectivity index (χ4n) is 1.56. The number of hydrogen-bond acceptors (Lipinski definition) is 3. The van der Waals surface area contributed by atoms with Crippen LogP contribution in [-0.2, 0) is 6.54 Å². The van der Waals surface area contributed by atoms with Gasteiger partial charge in [0, 0.05) is 12.6 Å². The van der Waals surface area contributed by atoms with Crippen molar-refractivity contribution in [1.29, 1.82) is 0 Å². The van der Waals surface area contributed by atoms with Gasteiger partial charge in [0.25, 0.3) is 5.91 Å². The molecule has 0 fully saturated rings. The van der Waals surface area contributed by atoms with Crippen molar-refractivity contribution in [2.24, 2.45) is 0 Å². The summed E-state index contributed by atoms with van der Waals surface area (Å²) < 4.78 is 4.88. The fourth-order valence-corrected chi connectivity index (χ4v) is 1.56. The van der Waals surface area contributed by atoms with Crippen LogP contribution in [0.25, 0.3) is 0 Å². The van der Waals surface area contributed by atoms with Crippen LogP contribution in [0.4, 0.5) is 0 Å². The number of amides is 1. The Morgan fingerprint density at radius 3 is 2.82 bits per heavy atom. The van der Waals surface area contributed by atoms with E-state index in [2.05, 4.69) is 10.5 Å². The predicted molar refractivity (Wildman–Crippen MR) is 63.6 cm³/mol. The number of aryl methyl sites for hydroxylation is 2. The molecule has 1 aromatic carbocycles. The van der Waals surface area contributed by atoms with Gasteiger partial charge in [-0.2, -0.15) is 0 Å². The average molecular weight is 230 g/mol. The highest BCUT2D eigenvalue weighted by Crippen LogP contribution is 2.05. The lowest BCUT2D eigenvalue weighted by Crippen LogP contribution is -2.22. The van der Waals surface area contributed by atoms with Gasteiger partial charge >= 0.3 is 0 Å². The van der Waals surface area contributed by atoms with Crippen molar-refractivity contribution < 1.29 is 9.32 Å². The molecule has 0 atom stereocenters. The molecule has 0 saturated heterocycles. The van der Waals surface area contributed by atoms with Crippen molar-refractivity contribution in [1.82, 2.24) is 10.5 Å². The van der Waals surface area contributed by atoms with Crippen molar-refractivity contribution in [2.45, 2.75) is 20.4 Å². The van der Waals surface area contributed by atoms with Gasteiger partial charge in [-0.15, -0.1) is 0 Å². The average Bonchev–Trinajstić information content (AvgIpc) is 2.73. The molecule has 2 rings (SSSR count). The van der Waals surface area contributed by atoms with E-state index >= 15 is 0 Å². The van der Waals surface area contributed by atoms with Crippen molar-refractivity contribution in [3.05, 3.63) is 52.9 Å². The van der Waals surface area contributed by atoms with E-state index in [0.29, 0.717) is 12.2 Å². The number of nitrogens with zero attached hydrogens (tertiary/aromatic N) is 1. The molecule has 4 nitrogen and oxygen atoms in total. The second kappa shape index (κ2) is 4.82. The number of carbonyl (C=O) groups excluding carboxylic acids is 1. The highest BCUT2D eigenvalue weighted by atomic mass is 16.5. The summed E-state index contributed by atoms with van der Waals surface area (Å²) in [5, 5.41) is 6.45. The second-order valence-electron chi connectivity index (χ2n) is 4.00. The molecule has 17 heavy (non-hydrogen) atoms. The smallest absolute Gasteiger partial charge is 0.290 e. The number of benzene rings is 1. The second-order valence-corrected chi connectivity index (χ2v) is 4.00. The van der Waals surface area contributed by atoms with E-state index in [1.54, 1.807) is 13.0 Å². The molecule has 2 aromatic rings. The third-order valence-electron chi connectivity index (χ3n) is 2.39. The van der Waals surface area contributed by atoms with Crippen LogP contribution in [-0.4, -0.2) is 11.1 Å². The van der Waals surface area contributed by atoms with Crippen LogP contribution < -0.4 is 5.32 Å². The third kappa shape index (κ3) is 2.93. The largest absolute Gasteiger partial charge is 0.351 e. The molecule has 0 aliphatic heterocycles. The summed E-state index contributed by atoms with van der Waals surface area (Å²) in [6, 6.07) is 9.61. The van der Waals surface area contributed by atoms with E-state index in [1.165, 1.54) is 5.56 Å². The molecule has 88 valence electrons. The molecule has 1 aromatic heterocycles. The maximum atomic E-state index is 11.7. The lowest BCUT2D eigenvalue weighted by Gasteiger charge is -2.03. The van der Waals surface area contributed by atoms with Gasteiger partial charge < -0.3 is 9.84 Å². The van der Waals surface area contributed by atoms with Crippen molar-refractivity contribution in [3.8, 4) is 0 Å².